The van der Waals surface area contributed by atoms with Crippen LogP contribution in [0.2, 0.25) is 0 Å². The number of carbonyl (C=O) groups is 2. The van der Waals surface area contributed by atoms with Crippen molar-refractivity contribution in [3.63, 3.8) is 0 Å². The zero-order valence-corrected chi connectivity index (χ0v) is 6.57. The predicted octanol–water partition coefficient (Wildman–Crippen LogP) is -0.628. The minimum absolute atomic E-state index is 0.146. The van der Waals surface area contributed by atoms with Crippen LogP contribution in [0.5, 0.6) is 0 Å². The van der Waals surface area contributed by atoms with Gasteiger partial charge in [-0.15, -0.1) is 0 Å². The van der Waals surface area contributed by atoms with E-state index in [1.165, 1.54) is 14.0 Å². The summed E-state index contributed by atoms with van der Waals surface area (Å²) in [6.07, 6.45) is -0.580. The first-order valence-electron chi connectivity index (χ1n) is 3.52. The molecule has 1 aliphatic heterocycles. The van der Waals surface area contributed by atoms with Crippen LogP contribution >= 0.6 is 0 Å². The number of carbonyl (C=O) groups excluding carboxylic acids is 2. The zero-order chi connectivity index (χ0) is 8.59. The Bertz CT molecular complexity index is 200. The number of aliphatic hydroxyl groups excluding tert-OH is 1. The maximum atomic E-state index is 11.1. The van der Waals surface area contributed by atoms with Gasteiger partial charge in [-0.1, -0.05) is 0 Å². The average molecular weight is 157 g/mol. The lowest BCUT2D eigenvalue weighted by atomic mass is 10.0. The molecule has 0 saturated carbocycles. The van der Waals surface area contributed by atoms with Gasteiger partial charge in [0.25, 0.3) is 0 Å². The maximum Gasteiger partial charge on any atom is 0.235 e. The Morgan fingerprint density at radius 1 is 1.64 bits per heavy atom. The van der Waals surface area contributed by atoms with Crippen LogP contribution in [0.25, 0.3) is 0 Å². The van der Waals surface area contributed by atoms with Gasteiger partial charge in [0.2, 0.25) is 11.8 Å². The summed E-state index contributed by atoms with van der Waals surface area (Å²) < 4.78 is 0. The van der Waals surface area contributed by atoms with Gasteiger partial charge >= 0.3 is 0 Å². The van der Waals surface area contributed by atoms with Crippen molar-refractivity contribution in [1.29, 1.82) is 0 Å². The van der Waals surface area contributed by atoms with E-state index in [1.807, 2.05) is 0 Å². The van der Waals surface area contributed by atoms with Crippen LogP contribution in [0.15, 0.2) is 0 Å². The minimum Gasteiger partial charge on any atom is -0.393 e. The molecule has 1 fully saturated rings. The molecule has 11 heavy (non-hydrogen) atoms. The monoisotopic (exact) mass is 157 g/mol. The van der Waals surface area contributed by atoms with Gasteiger partial charge in [0, 0.05) is 13.5 Å². The molecule has 1 aliphatic rings. The van der Waals surface area contributed by atoms with Gasteiger partial charge in [-0.2, -0.15) is 0 Å². The van der Waals surface area contributed by atoms with Gasteiger partial charge in [-0.05, 0) is 6.92 Å². The standard InChI is InChI=1S/C7H11NO3/c1-4(9)5-3-6(10)8(2)7(5)11/h4-5,9H,3H2,1-2H3. The molecule has 0 radical (unpaired) electrons. The van der Waals surface area contributed by atoms with Crippen molar-refractivity contribution in [2.24, 2.45) is 5.92 Å². The SMILES string of the molecule is CC(O)C1CC(=O)N(C)C1=O. The Morgan fingerprint density at radius 2 is 2.18 bits per heavy atom. The van der Waals surface area contributed by atoms with Crippen LogP contribution in [-0.4, -0.2) is 35.0 Å². The van der Waals surface area contributed by atoms with E-state index in [1.54, 1.807) is 0 Å². The van der Waals surface area contributed by atoms with Crippen molar-refractivity contribution < 1.29 is 14.7 Å². The van der Waals surface area contributed by atoms with E-state index in [-0.39, 0.29) is 18.2 Å². The molecule has 0 aliphatic carbocycles. The average Bonchev–Trinajstić information content (AvgIpc) is 2.17. The highest BCUT2D eigenvalue weighted by atomic mass is 16.3. The third-order valence-corrected chi connectivity index (χ3v) is 2.00. The zero-order valence-electron chi connectivity index (χ0n) is 6.57. The van der Waals surface area contributed by atoms with Crippen LogP contribution < -0.4 is 0 Å². The van der Waals surface area contributed by atoms with Crippen molar-refractivity contribution in [1.82, 2.24) is 4.90 Å². The summed E-state index contributed by atoms with van der Waals surface area (Å²) >= 11 is 0. The lowest BCUT2D eigenvalue weighted by Gasteiger charge is -2.10. The number of hydrogen-bond donors (Lipinski definition) is 1. The Hall–Kier alpha value is -0.900. The summed E-state index contributed by atoms with van der Waals surface area (Å²) in [5.74, 6) is -1.00. The van der Waals surface area contributed by atoms with Crippen LogP contribution in [-0.2, 0) is 9.59 Å². The molecular formula is C7H11NO3. The molecule has 1 saturated heterocycles. The van der Waals surface area contributed by atoms with Gasteiger partial charge < -0.3 is 5.11 Å². The quantitative estimate of drug-likeness (QED) is 0.516. The normalized spacial score (nSPS) is 27.9. The smallest absolute Gasteiger partial charge is 0.235 e. The summed E-state index contributed by atoms with van der Waals surface area (Å²) in [6.45, 7) is 1.52. The fraction of sp³-hybridized carbons (Fsp3) is 0.714. The summed E-state index contributed by atoms with van der Waals surface area (Å²) in [5.41, 5.74) is 0. The summed E-state index contributed by atoms with van der Waals surface area (Å²) in [6, 6.07) is 0. The molecule has 4 nitrogen and oxygen atoms in total. The Kier molecular flexibility index (Phi) is 1.95. The van der Waals surface area contributed by atoms with Crippen molar-refractivity contribution in [2.45, 2.75) is 19.4 Å². The number of likely N-dealkylation sites (tertiary alicyclic amines) is 1. The van der Waals surface area contributed by atoms with Gasteiger partial charge in [0.1, 0.15) is 0 Å². The van der Waals surface area contributed by atoms with Gasteiger partial charge in [-0.3, -0.25) is 14.5 Å². The second-order valence-corrected chi connectivity index (χ2v) is 2.84. The Morgan fingerprint density at radius 3 is 2.36 bits per heavy atom. The van der Waals surface area contributed by atoms with E-state index in [9.17, 15) is 9.59 Å². The van der Waals surface area contributed by atoms with Crippen LogP contribution in [0.4, 0.5) is 0 Å². The fourth-order valence-corrected chi connectivity index (χ4v) is 1.16. The van der Waals surface area contributed by atoms with E-state index in [4.69, 9.17) is 5.11 Å². The second kappa shape index (κ2) is 2.62. The topological polar surface area (TPSA) is 57.6 Å². The molecule has 0 aromatic heterocycles. The fourth-order valence-electron chi connectivity index (χ4n) is 1.16. The summed E-state index contributed by atoms with van der Waals surface area (Å²) in [7, 11) is 1.44. The largest absolute Gasteiger partial charge is 0.393 e. The summed E-state index contributed by atoms with van der Waals surface area (Å²) in [4.78, 5) is 23.1. The molecule has 62 valence electrons. The third-order valence-electron chi connectivity index (χ3n) is 2.00. The Labute approximate surface area is 64.8 Å². The van der Waals surface area contributed by atoms with Crippen LogP contribution in [0, 0.1) is 5.92 Å². The Balaban J connectivity index is 2.75. The summed E-state index contributed by atoms with van der Waals surface area (Å²) in [5, 5.41) is 9.06. The highest BCUT2D eigenvalue weighted by Gasteiger charge is 2.38. The molecule has 2 amide bonds. The van der Waals surface area contributed by atoms with Gasteiger partial charge in [0.05, 0.1) is 12.0 Å². The van der Waals surface area contributed by atoms with Crippen molar-refractivity contribution in [3.05, 3.63) is 0 Å². The van der Waals surface area contributed by atoms with Gasteiger partial charge in [0.15, 0.2) is 0 Å². The van der Waals surface area contributed by atoms with E-state index < -0.39 is 12.0 Å². The first-order valence-corrected chi connectivity index (χ1v) is 3.52. The molecule has 0 spiro atoms. The highest BCUT2D eigenvalue weighted by molar-refractivity contribution is 6.03. The molecule has 4 heteroatoms. The van der Waals surface area contributed by atoms with Crippen LogP contribution in [0.1, 0.15) is 13.3 Å². The van der Waals surface area contributed by atoms with E-state index in [2.05, 4.69) is 0 Å². The molecule has 1 heterocycles. The molecule has 1 rings (SSSR count). The maximum absolute atomic E-state index is 11.1. The molecule has 1 N–H and O–H groups in total. The van der Waals surface area contributed by atoms with Crippen molar-refractivity contribution >= 4 is 11.8 Å². The number of rotatable bonds is 1. The minimum atomic E-state index is -0.726. The van der Waals surface area contributed by atoms with Crippen LogP contribution in [0.3, 0.4) is 0 Å². The molecular weight excluding hydrogens is 146 g/mol. The lowest BCUT2D eigenvalue weighted by Crippen LogP contribution is -2.29. The van der Waals surface area contributed by atoms with E-state index >= 15 is 0 Å². The molecule has 0 bridgehead atoms. The molecule has 0 aromatic carbocycles. The van der Waals surface area contributed by atoms with Crippen molar-refractivity contribution in [2.75, 3.05) is 7.05 Å². The van der Waals surface area contributed by atoms with Crippen molar-refractivity contribution in [3.8, 4) is 0 Å². The number of imide groups is 1. The molecule has 2 atom stereocenters. The first-order chi connectivity index (χ1) is 5.04. The van der Waals surface area contributed by atoms with E-state index in [0.717, 1.165) is 4.90 Å². The first kappa shape index (κ1) is 8.20. The molecule has 2 unspecified atom stereocenters. The van der Waals surface area contributed by atoms with Gasteiger partial charge in [-0.25, -0.2) is 0 Å². The third kappa shape index (κ3) is 1.26. The second-order valence-electron chi connectivity index (χ2n) is 2.84. The number of nitrogens with zero attached hydrogens (tertiary/aromatic N) is 1. The number of amides is 2. The lowest BCUT2D eigenvalue weighted by molar-refractivity contribution is -0.138. The molecule has 0 aromatic rings. The highest BCUT2D eigenvalue weighted by Crippen LogP contribution is 2.20. The number of aliphatic hydroxyl groups is 1. The predicted molar refractivity (Wildman–Crippen MR) is 37.6 cm³/mol. The number of hydrogen-bond acceptors (Lipinski definition) is 3. The van der Waals surface area contributed by atoms with E-state index in [0.29, 0.717) is 0 Å².